The minimum absolute atomic E-state index is 0.705. The molecule has 0 heterocycles. The van der Waals surface area contributed by atoms with Crippen LogP contribution in [0, 0.1) is 11.8 Å². The fraction of sp³-hybridized carbons (Fsp3) is 0.667. The lowest BCUT2D eigenvalue weighted by Gasteiger charge is -2.37. The van der Waals surface area contributed by atoms with Crippen LogP contribution in [0.3, 0.4) is 0 Å². The predicted molar refractivity (Wildman–Crippen MR) is 86.7 cm³/mol. The van der Waals surface area contributed by atoms with Crippen LogP contribution in [0.15, 0.2) is 30.3 Å². The zero-order valence-corrected chi connectivity index (χ0v) is 13.3. The lowest BCUT2D eigenvalue weighted by molar-refractivity contribution is 0.148. The van der Waals surface area contributed by atoms with Crippen molar-refractivity contribution >= 4 is 0 Å². The van der Waals surface area contributed by atoms with Crippen LogP contribution in [0.2, 0.25) is 0 Å². The quantitative estimate of drug-likeness (QED) is 0.853. The van der Waals surface area contributed by atoms with E-state index in [0.29, 0.717) is 6.04 Å². The van der Waals surface area contributed by atoms with Crippen LogP contribution < -0.4 is 5.32 Å². The second kappa shape index (κ2) is 7.80. The molecule has 2 heteroatoms. The van der Waals surface area contributed by atoms with E-state index in [1.54, 1.807) is 0 Å². The van der Waals surface area contributed by atoms with Gasteiger partial charge in [-0.1, -0.05) is 44.2 Å². The Hall–Kier alpha value is -0.860. The average Bonchev–Trinajstić information content (AvgIpc) is 2.48. The summed E-state index contributed by atoms with van der Waals surface area (Å²) in [6, 6.07) is 11.6. The van der Waals surface area contributed by atoms with Crippen LogP contribution in [-0.4, -0.2) is 31.1 Å². The van der Waals surface area contributed by atoms with Gasteiger partial charge in [0.25, 0.3) is 0 Å². The molecule has 3 unspecified atom stereocenters. The van der Waals surface area contributed by atoms with Gasteiger partial charge in [0.2, 0.25) is 0 Å². The SMILES string of the molecule is CCN(Cc1ccccc1)CC1CC(C)CCC1NC. The second-order valence-electron chi connectivity index (χ2n) is 6.39. The molecule has 0 spiro atoms. The molecule has 2 nitrogen and oxygen atoms in total. The Kier molecular flexibility index (Phi) is 6.06. The first kappa shape index (κ1) is 15.5. The van der Waals surface area contributed by atoms with E-state index < -0.39 is 0 Å². The minimum atomic E-state index is 0.705. The van der Waals surface area contributed by atoms with Crippen molar-refractivity contribution in [3.05, 3.63) is 35.9 Å². The van der Waals surface area contributed by atoms with E-state index in [0.717, 1.165) is 24.9 Å². The van der Waals surface area contributed by atoms with Crippen molar-refractivity contribution in [2.24, 2.45) is 11.8 Å². The summed E-state index contributed by atoms with van der Waals surface area (Å²) < 4.78 is 0. The normalized spacial score (nSPS) is 26.9. The first-order valence-electron chi connectivity index (χ1n) is 8.16. The molecular weight excluding hydrogens is 244 g/mol. The lowest BCUT2D eigenvalue weighted by atomic mass is 9.78. The molecule has 20 heavy (non-hydrogen) atoms. The first-order valence-corrected chi connectivity index (χ1v) is 8.16. The zero-order valence-electron chi connectivity index (χ0n) is 13.3. The fourth-order valence-corrected chi connectivity index (χ4v) is 3.56. The highest BCUT2D eigenvalue weighted by Crippen LogP contribution is 2.29. The Morgan fingerprint density at radius 3 is 2.60 bits per heavy atom. The molecule has 0 aromatic heterocycles. The monoisotopic (exact) mass is 274 g/mol. The zero-order chi connectivity index (χ0) is 14.4. The maximum atomic E-state index is 3.54. The van der Waals surface area contributed by atoms with Crippen LogP contribution in [0.1, 0.15) is 38.7 Å². The van der Waals surface area contributed by atoms with E-state index >= 15 is 0 Å². The second-order valence-corrected chi connectivity index (χ2v) is 6.39. The third-order valence-electron chi connectivity index (χ3n) is 4.80. The molecule has 1 aliphatic rings. The fourth-order valence-electron chi connectivity index (χ4n) is 3.56. The maximum Gasteiger partial charge on any atom is 0.0233 e. The molecule has 1 aromatic carbocycles. The molecule has 1 aromatic rings. The van der Waals surface area contributed by atoms with Crippen LogP contribution in [0.25, 0.3) is 0 Å². The summed E-state index contributed by atoms with van der Waals surface area (Å²) in [4.78, 5) is 2.60. The third kappa shape index (κ3) is 4.32. The van der Waals surface area contributed by atoms with Gasteiger partial charge in [-0.3, -0.25) is 4.90 Å². The van der Waals surface area contributed by atoms with Crippen molar-refractivity contribution in [2.45, 2.75) is 45.7 Å². The number of hydrogen-bond acceptors (Lipinski definition) is 2. The molecule has 0 amide bonds. The van der Waals surface area contributed by atoms with E-state index in [1.165, 1.54) is 31.4 Å². The summed E-state index contributed by atoms with van der Waals surface area (Å²) in [7, 11) is 2.13. The van der Waals surface area contributed by atoms with Crippen molar-refractivity contribution in [3.63, 3.8) is 0 Å². The first-order chi connectivity index (χ1) is 9.72. The number of hydrogen-bond donors (Lipinski definition) is 1. The van der Waals surface area contributed by atoms with Gasteiger partial charge in [-0.15, -0.1) is 0 Å². The molecule has 1 N–H and O–H groups in total. The topological polar surface area (TPSA) is 15.3 Å². The van der Waals surface area contributed by atoms with Gasteiger partial charge < -0.3 is 5.32 Å². The summed E-state index contributed by atoms with van der Waals surface area (Å²) in [5.74, 6) is 1.69. The van der Waals surface area contributed by atoms with Crippen LogP contribution >= 0.6 is 0 Å². The molecule has 1 fully saturated rings. The van der Waals surface area contributed by atoms with Crippen LogP contribution in [0.4, 0.5) is 0 Å². The Bertz CT molecular complexity index is 376. The van der Waals surface area contributed by atoms with Gasteiger partial charge in [0.15, 0.2) is 0 Å². The Morgan fingerprint density at radius 2 is 1.95 bits per heavy atom. The van der Waals surface area contributed by atoms with Gasteiger partial charge in [-0.25, -0.2) is 0 Å². The van der Waals surface area contributed by atoms with Crippen molar-refractivity contribution < 1.29 is 0 Å². The summed E-state index contributed by atoms with van der Waals surface area (Å²) in [5, 5.41) is 3.54. The summed E-state index contributed by atoms with van der Waals surface area (Å²) >= 11 is 0. The van der Waals surface area contributed by atoms with Gasteiger partial charge in [0, 0.05) is 19.1 Å². The van der Waals surface area contributed by atoms with Crippen molar-refractivity contribution in [3.8, 4) is 0 Å². The molecule has 112 valence electrons. The molecule has 1 saturated carbocycles. The molecule has 2 rings (SSSR count). The third-order valence-corrected chi connectivity index (χ3v) is 4.80. The number of nitrogens with zero attached hydrogens (tertiary/aromatic N) is 1. The predicted octanol–water partition coefficient (Wildman–Crippen LogP) is 3.53. The average molecular weight is 274 g/mol. The molecule has 1 aliphatic carbocycles. The Balaban J connectivity index is 1.94. The highest BCUT2D eigenvalue weighted by atomic mass is 15.1. The van der Waals surface area contributed by atoms with Gasteiger partial charge in [-0.2, -0.15) is 0 Å². The van der Waals surface area contributed by atoms with Crippen LogP contribution in [-0.2, 0) is 6.54 Å². The van der Waals surface area contributed by atoms with Crippen molar-refractivity contribution in [2.75, 3.05) is 20.1 Å². The van der Waals surface area contributed by atoms with Crippen molar-refractivity contribution in [1.29, 1.82) is 0 Å². The summed E-state index contributed by atoms with van der Waals surface area (Å²) in [5.41, 5.74) is 1.43. The van der Waals surface area contributed by atoms with Crippen LogP contribution in [0.5, 0.6) is 0 Å². The highest BCUT2D eigenvalue weighted by Gasteiger charge is 2.28. The summed E-state index contributed by atoms with van der Waals surface area (Å²) in [6.07, 6.45) is 4.09. The molecule has 0 radical (unpaired) electrons. The largest absolute Gasteiger partial charge is 0.317 e. The summed E-state index contributed by atoms with van der Waals surface area (Å²) in [6.45, 7) is 8.13. The standard InChI is InChI=1S/C18H30N2/c1-4-20(13-16-8-6-5-7-9-16)14-17-12-15(2)10-11-18(17)19-3/h5-9,15,17-19H,4,10-14H2,1-3H3. The number of nitrogens with one attached hydrogen (secondary N) is 1. The van der Waals surface area contributed by atoms with Crippen molar-refractivity contribution in [1.82, 2.24) is 10.2 Å². The van der Waals surface area contributed by atoms with Gasteiger partial charge in [-0.05, 0) is 50.3 Å². The van der Waals surface area contributed by atoms with E-state index in [-0.39, 0.29) is 0 Å². The highest BCUT2D eigenvalue weighted by molar-refractivity contribution is 5.14. The Morgan fingerprint density at radius 1 is 1.20 bits per heavy atom. The van der Waals surface area contributed by atoms with Gasteiger partial charge in [0.05, 0.1) is 0 Å². The Labute approximate surface area is 124 Å². The van der Waals surface area contributed by atoms with Gasteiger partial charge >= 0.3 is 0 Å². The molecular formula is C18H30N2. The number of rotatable bonds is 6. The smallest absolute Gasteiger partial charge is 0.0233 e. The van der Waals surface area contributed by atoms with E-state index in [9.17, 15) is 0 Å². The molecule has 0 bridgehead atoms. The lowest BCUT2D eigenvalue weighted by Crippen LogP contribution is -2.44. The molecule has 3 atom stereocenters. The van der Waals surface area contributed by atoms with E-state index in [2.05, 4.69) is 61.4 Å². The maximum absolute atomic E-state index is 3.54. The minimum Gasteiger partial charge on any atom is -0.317 e. The number of benzene rings is 1. The van der Waals surface area contributed by atoms with E-state index in [4.69, 9.17) is 0 Å². The van der Waals surface area contributed by atoms with Gasteiger partial charge in [0.1, 0.15) is 0 Å². The van der Waals surface area contributed by atoms with E-state index in [1.807, 2.05) is 0 Å². The molecule has 0 saturated heterocycles. The molecule has 0 aliphatic heterocycles.